The molecule has 1 heterocycles. The second-order valence-corrected chi connectivity index (χ2v) is 5.28. The van der Waals surface area contributed by atoms with Gasteiger partial charge >= 0.3 is 17.9 Å². The van der Waals surface area contributed by atoms with E-state index in [1.54, 1.807) is 20.8 Å². The minimum absolute atomic E-state index is 0.145. The number of thioether (sulfide) groups is 1. The van der Waals surface area contributed by atoms with E-state index in [1.807, 2.05) is 0 Å². The van der Waals surface area contributed by atoms with Crippen LogP contribution in [-0.4, -0.2) is 43.5 Å². The van der Waals surface area contributed by atoms with Crippen LogP contribution in [0, 0.1) is 0 Å². The van der Waals surface area contributed by atoms with Crippen LogP contribution in [0.25, 0.3) is 0 Å². The van der Waals surface area contributed by atoms with Crippen LogP contribution >= 0.6 is 11.8 Å². The third kappa shape index (κ3) is 4.27. The van der Waals surface area contributed by atoms with Gasteiger partial charge in [0.05, 0.1) is 36.5 Å². The highest BCUT2D eigenvalue weighted by atomic mass is 32.2. The van der Waals surface area contributed by atoms with Crippen molar-refractivity contribution in [2.75, 3.05) is 20.3 Å². The van der Waals surface area contributed by atoms with E-state index in [0.29, 0.717) is 10.6 Å². The number of ether oxygens (including phenoxy) is 3. The Labute approximate surface area is 133 Å². The fraction of sp³-hybridized carbons (Fsp3) is 0.500. The van der Waals surface area contributed by atoms with Crippen LogP contribution in [-0.2, 0) is 28.6 Å². The first-order valence-electron chi connectivity index (χ1n) is 6.72. The first-order valence-corrected chi connectivity index (χ1v) is 7.60. The molecule has 0 bridgehead atoms. The molecule has 0 radical (unpaired) electrons. The maximum Gasteiger partial charge on any atom is 0.337 e. The fourth-order valence-corrected chi connectivity index (χ4v) is 2.73. The van der Waals surface area contributed by atoms with Crippen LogP contribution in [0.5, 0.6) is 0 Å². The summed E-state index contributed by atoms with van der Waals surface area (Å²) in [5.41, 5.74) is 0.452. The smallest absolute Gasteiger partial charge is 0.337 e. The molecule has 0 saturated carbocycles. The maximum absolute atomic E-state index is 12.1. The Morgan fingerprint density at radius 3 is 2.41 bits per heavy atom. The first kappa shape index (κ1) is 18.1. The summed E-state index contributed by atoms with van der Waals surface area (Å²) in [5.74, 6) is -1.69. The number of hydrogen-bond acceptors (Lipinski definition) is 8. The molecule has 22 heavy (non-hydrogen) atoms. The number of esters is 3. The third-order valence-electron chi connectivity index (χ3n) is 2.72. The van der Waals surface area contributed by atoms with Crippen LogP contribution in [0.1, 0.15) is 20.8 Å². The van der Waals surface area contributed by atoms with Crippen molar-refractivity contribution in [2.45, 2.75) is 26.0 Å². The van der Waals surface area contributed by atoms with Gasteiger partial charge in [0.25, 0.3) is 0 Å². The van der Waals surface area contributed by atoms with Crippen LogP contribution < -0.4 is 5.32 Å². The summed E-state index contributed by atoms with van der Waals surface area (Å²) in [5, 5.41) is 2.36. The van der Waals surface area contributed by atoms with E-state index in [1.165, 1.54) is 13.3 Å². The second-order valence-electron chi connectivity index (χ2n) is 4.16. The van der Waals surface area contributed by atoms with Gasteiger partial charge in [0.1, 0.15) is 5.25 Å². The van der Waals surface area contributed by atoms with Gasteiger partial charge in [-0.3, -0.25) is 4.79 Å². The molecule has 0 aromatic carbocycles. The van der Waals surface area contributed by atoms with Crippen molar-refractivity contribution in [1.82, 2.24) is 5.32 Å². The van der Waals surface area contributed by atoms with Gasteiger partial charge in [0.2, 0.25) is 0 Å². The molecule has 1 aliphatic heterocycles. The van der Waals surface area contributed by atoms with E-state index in [-0.39, 0.29) is 18.8 Å². The molecule has 1 rings (SSSR count). The number of carbonyl (C=O) groups is 3. The van der Waals surface area contributed by atoms with Crippen molar-refractivity contribution < 1.29 is 28.6 Å². The molecule has 1 aliphatic rings. The molecule has 0 spiro atoms. The molecule has 0 aliphatic carbocycles. The molecule has 8 heteroatoms. The molecule has 0 aromatic rings. The van der Waals surface area contributed by atoms with Gasteiger partial charge in [-0.1, -0.05) is 11.8 Å². The molecule has 0 amide bonds. The van der Waals surface area contributed by atoms with E-state index in [2.05, 4.69) is 10.1 Å². The van der Waals surface area contributed by atoms with E-state index >= 15 is 0 Å². The Balaban J connectivity index is 3.12. The number of methoxy groups -OCH3 is 1. The standard InChI is InChI=1S/C14H19NO6S/c1-5-20-13(17)9-7-15-11(8(3)12(16)19-4)22-10(9)14(18)21-6-2/h7,10,15H,5-6H2,1-4H3/b11-8+. The van der Waals surface area contributed by atoms with E-state index in [9.17, 15) is 14.4 Å². The van der Waals surface area contributed by atoms with E-state index < -0.39 is 23.2 Å². The highest BCUT2D eigenvalue weighted by Crippen LogP contribution is 2.33. The predicted octanol–water partition coefficient (Wildman–Crippen LogP) is 1.11. The van der Waals surface area contributed by atoms with Crippen molar-refractivity contribution in [2.24, 2.45) is 0 Å². The summed E-state index contributed by atoms with van der Waals surface area (Å²) in [6.07, 6.45) is 1.36. The Morgan fingerprint density at radius 2 is 1.86 bits per heavy atom. The zero-order valence-corrected chi connectivity index (χ0v) is 13.7. The molecule has 7 nitrogen and oxygen atoms in total. The number of hydrogen-bond donors (Lipinski definition) is 1. The van der Waals surface area contributed by atoms with Crippen LogP contribution in [0.2, 0.25) is 0 Å². The normalized spacial score (nSPS) is 19.5. The summed E-state index contributed by atoms with van der Waals surface area (Å²) >= 11 is 1.02. The lowest BCUT2D eigenvalue weighted by molar-refractivity contribution is -0.145. The minimum atomic E-state index is -0.894. The molecule has 1 N–H and O–H groups in total. The summed E-state index contributed by atoms with van der Waals surface area (Å²) in [6, 6.07) is 0. The number of rotatable bonds is 5. The largest absolute Gasteiger partial charge is 0.466 e. The molecule has 1 atom stereocenters. The van der Waals surface area contributed by atoms with Crippen molar-refractivity contribution >= 4 is 29.7 Å². The summed E-state index contributed by atoms with van der Waals surface area (Å²) in [7, 11) is 1.27. The molecule has 1 unspecified atom stereocenters. The van der Waals surface area contributed by atoms with Gasteiger partial charge in [0.15, 0.2) is 0 Å². The Bertz CT molecular complexity index is 525. The third-order valence-corrected chi connectivity index (χ3v) is 4.06. The molecule has 0 fully saturated rings. The Hall–Kier alpha value is -1.96. The quantitative estimate of drug-likeness (QED) is 0.456. The minimum Gasteiger partial charge on any atom is -0.466 e. The highest BCUT2D eigenvalue weighted by molar-refractivity contribution is 8.04. The number of nitrogens with one attached hydrogen (secondary N) is 1. The zero-order valence-electron chi connectivity index (χ0n) is 12.9. The van der Waals surface area contributed by atoms with Gasteiger partial charge < -0.3 is 19.5 Å². The van der Waals surface area contributed by atoms with Gasteiger partial charge in [-0.2, -0.15) is 0 Å². The van der Waals surface area contributed by atoms with E-state index in [4.69, 9.17) is 9.47 Å². The van der Waals surface area contributed by atoms with Crippen LogP contribution in [0.15, 0.2) is 22.4 Å². The topological polar surface area (TPSA) is 90.9 Å². The lowest BCUT2D eigenvalue weighted by Crippen LogP contribution is -2.33. The molecular weight excluding hydrogens is 310 g/mol. The van der Waals surface area contributed by atoms with Crippen molar-refractivity contribution in [3.8, 4) is 0 Å². The highest BCUT2D eigenvalue weighted by Gasteiger charge is 2.35. The van der Waals surface area contributed by atoms with Crippen LogP contribution in [0.3, 0.4) is 0 Å². The van der Waals surface area contributed by atoms with Gasteiger partial charge in [-0.15, -0.1) is 0 Å². The lowest BCUT2D eigenvalue weighted by atomic mass is 10.2. The molecular formula is C14H19NO6S. The van der Waals surface area contributed by atoms with Crippen molar-refractivity contribution in [3.05, 3.63) is 22.4 Å². The van der Waals surface area contributed by atoms with Crippen molar-refractivity contribution in [1.29, 1.82) is 0 Å². The SMILES string of the molecule is CCOC(=O)C1=CN/C(=C(/C)C(=O)OC)SC1C(=O)OCC. The van der Waals surface area contributed by atoms with E-state index in [0.717, 1.165) is 11.8 Å². The molecule has 0 saturated heterocycles. The average Bonchev–Trinajstić information content (AvgIpc) is 2.53. The van der Waals surface area contributed by atoms with Crippen molar-refractivity contribution in [3.63, 3.8) is 0 Å². The molecule has 0 aromatic heterocycles. The predicted molar refractivity (Wildman–Crippen MR) is 80.6 cm³/mol. The summed E-state index contributed by atoms with van der Waals surface area (Å²) in [4.78, 5) is 35.6. The fourth-order valence-electron chi connectivity index (χ4n) is 1.65. The zero-order chi connectivity index (χ0) is 16.7. The maximum atomic E-state index is 12.1. The average molecular weight is 329 g/mol. The monoisotopic (exact) mass is 329 g/mol. The van der Waals surface area contributed by atoms with Gasteiger partial charge in [0, 0.05) is 6.20 Å². The Morgan fingerprint density at radius 1 is 1.23 bits per heavy atom. The Kier molecular flexibility index (Phi) is 6.97. The second kappa shape index (κ2) is 8.47. The number of carbonyl (C=O) groups excluding carboxylic acids is 3. The summed E-state index contributed by atoms with van der Waals surface area (Å²) < 4.78 is 14.6. The summed E-state index contributed by atoms with van der Waals surface area (Å²) in [6.45, 7) is 5.29. The first-order chi connectivity index (χ1) is 10.5. The van der Waals surface area contributed by atoms with Gasteiger partial charge in [-0.25, -0.2) is 9.59 Å². The lowest BCUT2D eigenvalue weighted by Gasteiger charge is -2.24. The molecule has 122 valence electrons. The van der Waals surface area contributed by atoms with Gasteiger partial charge in [-0.05, 0) is 20.8 Å². The van der Waals surface area contributed by atoms with Crippen LogP contribution in [0.4, 0.5) is 0 Å².